The van der Waals surface area contributed by atoms with Gasteiger partial charge in [-0.15, -0.1) is 11.6 Å². The lowest BCUT2D eigenvalue weighted by Gasteiger charge is -2.11. The maximum absolute atomic E-state index is 10.6. The molecule has 0 saturated heterocycles. The fourth-order valence-electron chi connectivity index (χ4n) is 1.21. The van der Waals surface area contributed by atoms with E-state index in [9.17, 15) is 4.79 Å². The normalized spacial score (nSPS) is 20.7. The Hall–Kier alpha value is -1.06. The van der Waals surface area contributed by atoms with Crippen LogP contribution in [0.25, 0.3) is 0 Å². The lowest BCUT2D eigenvalue weighted by Crippen LogP contribution is -2.07. The molecular weight excluding hydrogens is 225 g/mol. The molecule has 0 spiro atoms. The molecule has 71 valence electrons. The van der Waals surface area contributed by atoms with E-state index in [1.807, 2.05) is 0 Å². The van der Waals surface area contributed by atoms with Crippen LogP contribution in [0.15, 0.2) is 39.5 Å². The average molecular weight is 229 g/mol. The predicted octanol–water partition coefficient (Wildman–Crippen LogP) is 2.24. The standard InChI is InChI=1S/C9H4Cl2NO2/c10-5-1-2-6(11)8-4(5)3-7(12-8)9(13)14/h1-3H,(H,13,14). The highest BCUT2D eigenvalue weighted by atomic mass is 35.5. The number of carboxylic acids is 1. The van der Waals surface area contributed by atoms with E-state index in [2.05, 4.69) is 4.99 Å². The molecule has 0 aromatic heterocycles. The Morgan fingerprint density at radius 3 is 2.64 bits per heavy atom. The Kier molecular flexibility index (Phi) is 2.21. The summed E-state index contributed by atoms with van der Waals surface area (Å²) in [6, 6.07) is 0. The van der Waals surface area contributed by atoms with Crippen molar-refractivity contribution >= 4 is 34.9 Å². The maximum atomic E-state index is 10.6. The second-order valence-electron chi connectivity index (χ2n) is 2.74. The Labute approximate surface area is 90.0 Å². The quantitative estimate of drug-likeness (QED) is 0.749. The van der Waals surface area contributed by atoms with Crippen LogP contribution in [0.5, 0.6) is 0 Å². The van der Waals surface area contributed by atoms with Crippen molar-refractivity contribution in [3.8, 4) is 0 Å². The number of aliphatic carboxylic acids is 1. The summed E-state index contributed by atoms with van der Waals surface area (Å²) in [6.45, 7) is 0. The zero-order valence-corrected chi connectivity index (χ0v) is 8.30. The Morgan fingerprint density at radius 1 is 1.36 bits per heavy atom. The second-order valence-corrected chi connectivity index (χ2v) is 3.55. The molecule has 0 fully saturated rings. The van der Waals surface area contributed by atoms with Crippen LogP contribution in [0.2, 0.25) is 0 Å². The maximum Gasteiger partial charge on any atom is 0.354 e. The number of rotatable bonds is 1. The summed E-state index contributed by atoms with van der Waals surface area (Å²) in [5.41, 5.74) is 0.947. The summed E-state index contributed by atoms with van der Waals surface area (Å²) in [6.07, 6.45) is 4.61. The van der Waals surface area contributed by atoms with Gasteiger partial charge in [-0.2, -0.15) is 0 Å². The third kappa shape index (κ3) is 1.38. The number of hydrogen-bond acceptors (Lipinski definition) is 2. The topological polar surface area (TPSA) is 49.7 Å². The number of halogens is 2. The molecule has 0 atom stereocenters. The number of hydrogen-bond donors (Lipinski definition) is 1. The Morgan fingerprint density at radius 2 is 2.07 bits per heavy atom. The highest BCUT2D eigenvalue weighted by Gasteiger charge is 2.27. The van der Waals surface area contributed by atoms with Crippen LogP contribution < -0.4 is 0 Å². The van der Waals surface area contributed by atoms with Crippen molar-refractivity contribution in [2.24, 2.45) is 4.99 Å². The Bertz CT molecular complexity index is 432. The molecule has 0 amide bonds. The summed E-state index contributed by atoms with van der Waals surface area (Å²) in [4.78, 5) is 14.5. The number of allylic oxidation sites excluding steroid dienone is 4. The van der Waals surface area contributed by atoms with Gasteiger partial charge in [0.15, 0.2) is 0 Å². The monoisotopic (exact) mass is 228 g/mol. The van der Waals surface area contributed by atoms with E-state index in [4.69, 9.17) is 28.3 Å². The van der Waals surface area contributed by atoms with Crippen LogP contribution in [0.1, 0.15) is 0 Å². The van der Waals surface area contributed by atoms with Gasteiger partial charge in [-0.1, -0.05) is 17.7 Å². The van der Waals surface area contributed by atoms with E-state index >= 15 is 0 Å². The Balaban J connectivity index is 2.50. The van der Waals surface area contributed by atoms with Crippen LogP contribution in [0.4, 0.5) is 0 Å². The molecule has 1 aliphatic carbocycles. The number of carboxylic acid groups (broad SMARTS) is 1. The van der Waals surface area contributed by atoms with Crippen molar-refractivity contribution in [1.82, 2.24) is 0 Å². The van der Waals surface area contributed by atoms with E-state index in [1.54, 1.807) is 12.2 Å². The molecule has 2 aliphatic rings. The van der Waals surface area contributed by atoms with E-state index in [0.29, 0.717) is 21.7 Å². The van der Waals surface area contributed by atoms with Crippen molar-refractivity contribution in [2.45, 2.75) is 0 Å². The summed E-state index contributed by atoms with van der Waals surface area (Å²) in [5, 5.41) is 9.57. The highest BCUT2D eigenvalue weighted by Crippen LogP contribution is 2.38. The van der Waals surface area contributed by atoms with Gasteiger partial charge >= 0.3 is 5.97 Å². The van der Waals surface area contributed by atoms with Crippen LogP contribution in [0, 0.1) is 5.38 Å². The highest BCUT2D eigenvalue weighted by molar-refractivity contribution is 6.44. The molecule has 3 nitrogen and oxygen atoms in total. The molecule has 1 aliphatic heterocycles. The van der Waals surface area contributed by atoms with Crippen LogP contribution in [-0.2, 0) is 4.79 Å². The summed E-state index contributed by atoms with van der Waals surface area (Å²) in [7, 11) is 0. The first-order valence-electron chi connectivity index (χ1n) is 3.74. The molecule has 0 aromatic carbocycles. The third-order valence-electron chi connectivity index (χ3n) is 1.85. The molecular formula is C9H4Cl2NO2. The van der Waals surface area contributed by atoms with Crippen molar-refractivity contribution in [1.29, 1.82) is 0 Å². The summed E-state index contributed by atoms with van der Waals surface area (Å²) < 4.78 is 0. The minimum absolute atomic E-state index is 0.0463. The largest absolute Gasteiger partial charge is 0.477 e. The smallest absolute Gasteiger partial charge is 0.354 e. The van der Waals surface area contributed by atoms with Gasteiger partial charge in [0.25, 0.3) is 0 Å². The van der Waals surface area contributed by atoms with Crippen LogP contribution in [0.3, 0.4) is 0 Å². The number of nitrogens with zero attached hydrogens (tertiary/aromatic N) is 1. The van der Waals surface area contributed by atoms with Crippen molar-refractivity contribution in [2.75, 3.05) is 0 Å². The van der Waals surface area contributed by atoms with Gasteiger partial charge in [-0.25, -0.2) is 9.79 Å². The number of fused-ring (bicyclic) bond motifs is 1. The molecule has 14 heavy (non-hydrogen) atoms. The van der Waals surface area contributed by atoms with Crippen LogP contribution >= 0.6 is 23.2 Å². The zero-order chi connectivity index (χ0) is 10.3. The van der Waals surface area contributed by atoms with E-state index in [-0.39, 0.29) is 5.71 Å². The molecule has 0 aromatic rings. The minimum Gasteiger partial charge on any atom is -0.477 e. The number of carbonyl (C=O) groups is 1. The van der Waals surface area contributed by atoms with Crippen molar-refractivity contribution in [3.05, 3.63) is 39.9 Å². The molecule has 5 heteroatoms. The first-order valence-corrected chi connectivity index (χ1v) is 4.50. The molecule has 0 unspecified atom stereocenters. The van der Waals surface area contributed by atoms with Gasteiger partial charge in [0.05, 0.1) is 10.7 Å². The lowest BCUT2D eigenvalue weighted by atomic mass is 10.0. The molecule has 2 rings (SSSR count). The fourth-order valence-corrected chi connectivity index (χ4v) is 1.62. The molecule has 1 N–H and O–H groups in total. The molecule has 0 saturated carbocycles. The predicted molar refractivity (Wildman–Crippen MR) is 54.3 cm³/mol. The summed E-state index contributed by atoms with van der Waals surface area (Å²) in [5.74, 6) is -1.09. The SMILES string of the molecule is O=C(O)C1=NC2=C(Cl)C=C[C](Cl)C2=C1. The van der Waals surface area contributed by atoms with E-state index in [0.717, 1.165) is 0 Å². The molecule has 1 heterocycles. The van der Waals surface area contributed by atoms with Crippen LogP contribution in [-0.4, -0.2) is 16.8 Å². The first-order chi connectivity index (χ1) is 6.59. The van der Waals surface area contributed by atoms with Gasteiger partial charge in [-0.05, 0) is 12.2 Å². The van der Waals surface area contributed by atoms with E-state index < -0.39 is 5.97 Å². The van der Waals surface area contributed by atoms with Crippen molar-refractivity contribution < 1.29 is 9.90 Å². The van der Waals surface area contributed by atoms with Gasteiger partial charge in [0.1, 0.15) is 11.1 Å². The summed E-state index contributed by atoms with van der Waals surface area (Å²) >= 11 is 11.7. The molecule has 0 bridgehead atoms. The zero-order valence-electron chi connectivity index (χ0n) is 6.79. The second kappa shape index (κ2) is 3.26. The minimum atomic E-state index is -1.09. The van der Waals surface area contributed by atoms with E-state index in [1.165, 1.54) is 6.08 Å². The van der Waals surface area contributed by atoms with Crippen molar-refractivity contribution in [3.63, 3.8) is 0 Å². The van der Waals surface area contributed by atoms with Gasteiger partial charge < -0.3 is 5.11 Å². The molecule has 1 radical (unpaired) electrons. The van der Waals surface area contributed by atoms with Gasteiger partial charge in [-0.3, -0.25) is 0 Å². The lowest BCUT2D eigenvalue weighted by molar-refractivity contribution is -0.129. The van der Waals surface area contributed by atoms with Gasteiger partial charge in [0.2, 0.25) is 0 Å². The third-order valence-corrected chi connectivity index (χ3v) is 2.48. The fraction of sp³-hybridized carbons (Fsp3) is 0. The first kappa shape index (κ1) is 9.49. The van der Waals surface area contributed by atoms with Gasteiger partial charge in [0, 0.05) is 5.57 Å². The average Bonchev–Trinajstić information content (AvgIpc) is 2.57. The number of aliphatic imine (C=N–C) groups is 1.